The first-order valence-corrected chi connectivity index (χ1v) is 26.6. The van der Waals surface area contributed by atoms with E-state index in [1.807, 2.05) is 89.8 Å². The molecule has 1 fully saturated rings. The lowest BCUT2D eigenvalue weighted by Crippen LogP contribution is -2.52. The van der Waals surface area contributed by atoms with Gasteiger partial charge in [0.25, 0.3) is 11.8 Å². The lowest BCUT2D eigenvalue weighted by atomic mass is 9.82. The van der Waals surface area contributed by atoms with Crippen molar-refractivity contribution < 1.29 is 33.7 Å². The summed E-state index contributed by atoms with van der Waals surface area (Å²) in [5.41, 5.74) is 5.84. The molecule has 0 aromatic heterocycles. The van der Waals surface area contributed by atoms with E-state index in [0.717, 1.165) is 34.9 Å². The fourth-order valence-corrected chi connectivity index (χ4v) is 15.2. The molecule has 1 saturated heterocycles. The number of anilines is 3. The first kappa shape index (κ1) is 45.9. The van der Waals surface area contributed by atoms with Crippen molar-refractivity contribution in [1.29, 1.82) is 0 Å². The van der Waals surface area contributed by atoms with Crippen LogP contribution in [0.3, 0.4) is 0 Å². The van der Waals surface area contributed by atoms with E-state index in [2.05, 4.69) is 71.1 Å². The number of allylic oxidation sites excluding steroid dienone is 3. The Kier molecular flexibility index (Phi) is 12.6. The van der Waals surface area contributed by atoms with Gasteiger partial charge in [-0.25, -0.2) is 0 Å². The Morgan fingerprint density at radius 1 is 0.866 bits per heavy atom. The van der Waals surface area contributed by atoms with Gasteiger partial charge in [0.15, 0.2) is 11.4 Å². The lowest BCUT2D eigenvalue weighted by molar-refractivity contribution is -0.150. The van der Waals surface area contributed by atoms with Gasteiger partial charge in [0.1, 0.15) is 11.5 Å². The van der Waals surface area contributed by atoms with E-state index in [1.165, 1.54) is 11.1 Å². The summed E-state index contributed by atoms with van der Waals surface area (Å²) in [4.78, 5) is 51.0. The predicted molar refractivity (Wildman–Crippen MR) is 266 cm³/mol. The number of benzene rings is 5. The Morgan fingerprint density at radius 2 is 1.57 bits per heavy atom. The molecule has 5 aromatic carbocycles. The number of nitrogens with zero attached hydrogens (tertiary/aromatic N) is 3. The highest BCUT2D eigenvalue weighted by Crippen LogP contribution is 2.61. The third kappa shape index (κ3) is 8.21. The van der Waals surface area contributed by atoms with Crippen molar-refractivity contribution in [3.8, 4) is 17.2 Å². The molecule has 0 radical (unpaired) electrons. The number of carbonyl (C=O) groups is 3. The average molecular weight is 916 g/mol. The molecular formula is C56H61N3O7Si. The standard InChI is InChI=1S/C56H61N3O7Si/c1-36(2)15-14-16-37(3)29-30-57-47-28-23-41(59-48-20-11-13-22-50(48)65-49-21-12-10-19-45(49)54(59)62)32-46(47)56(55(57)63)38(4)53(67(6,7)44-26-24-43(64-5)25-27-44)51(66-56)33-52(61)58-34-40-18-9-8-17-39(40)31-42(58)35-60/h8-13,15,17-29,32,38,42,51,53,60H,14,16,30-31,33-35H2,1-7H3/b37-29+/t38-,42+,51+,53-,56+/m1/s1. The number of ether oxygens (including phenoxy) is 3. The zero-order valence-corrected chi connectivity index (χ0v) is 40.6. The SMILES string of the molecule is COc1ccc([Si](C)(C)[C@H]2[C@H](CC(=O)N3Cc4ccccc4C[C@H]3CO)O[C@@]3(C(=O)N(C/C=C(\C)CCC=C(C)C)c4ccc(N5C(=O)c6ccccc6Oc6ccccc65)cc43)[C@@H]2C)cc1. The molecule has 5 aromatic rings. The van der Waals surface area contributed by atoms with E-state index >= 15 is 4.79 Å². The number of amides is 3. The molecule has 0 aliphatic carbocycles. The maximum absolute atomic E-state index is 15.9. The molecule has 11 heteroatoms. The third-order valence-electron chi connectivity index (χ3n) is 14.7. The fraction of sp³-hybridized carbons (Fsp3) is 0.339. The Labute approximate surface area is 395 Å². The fourth-order valence-electron chi connectivity index (χ4n) is 11.2. The number of para-hydroxylation sites is 3. The van der Waals surface area contributed by atoms with E-state index in [-0.39, 0.29) is 42.3 Å². The van der Waals surface area contributed by atoms with E-state index in [0.29, 0.717) is 59.2 Å². The number of aliphatic hydroxyl groups is 1. The summed E-state index contributed by atoms with van der Waals surface area (Å²) in [5.74, 6) is 0.762. The number of methoxy groups -OCH3 is 1. The maximum atomic E-state index is 15.9. The summed E-state index contributed by atoms with van der Waals surface area (Å²) in [6, 6.07) is 36.4. The molecule has 4 aliphatic heterocycles. The van der Waals surface area contributed by atoms with Gasteiger partial charge in [0.2, 0.25) is 5.91 Å². The molecule has 4 heterocycles. The van der Waals surface area contributed by atoms with Gasteiger partial charge in [-0.3, -0.25) is 19.3 Å². The van der Waals surface area contributed by atoms with Crippen LogP contribution in [0.2, 0.25) is 18.6 Å². The van der Waals surface area contributed by atoms with Crippen molar-refractivity contribution in [2.75, 3.05) is 30.1 Å². The van der Waals surface area contributed by atoms with Crippen LogP contribution in [0.1, 0.15) is 74.0 Å². The topological polar surface area (TPSA) is 109 Å². The molecule has 346 valence electrons. The van der Waals surface area contributed by atoms with Gasteiger partial charge in [-0.05, 0) is 111 Å². The second-order valence-corrected chi connectivity index (χ2v) is 24.1. The highest BCUT2D eigenvalue weighted by Gasteiger charge is 2.66. The van der Waals surface area contributed by atoms with Crippen molar-refractivity contribution in [2.24, 2.45) is 5.92 Å². The van der Waals surface area contributed by atoms with Crippen LogP contribution in [0.4, 0.5) is 17.1 Å². The van der Waals surface area contributed by atoms with Gasteiger partial charge in [-0.1, -0.05) is 109 Å². The van der Waals surface area contributed by atoms with Crippen molar-refractivity contribution in [3.05, 3.63) is 161 Å². The van der Waals surface area contributed by atoms with Crippen LogP contribution in [0.15, 0.2) is 139 Å². The first-order chi connectivity index (χ1) is 32.3. The van der Waals surface area contributed by atoms with E-state index < -0.39 is 25.7 Å². The van der Waals surface area contributed by atoms with Gasteiger partial charge in [-0.2, -0.15) is 0 Å². The number of rotatable bonds is 12. The lowest BCUT2D eigenvalue weighted by Gasteiger charge is -2.39. The predicted octanol–water partition coefficient (Wildman–Crippen LogP) is 10.4. The second kappa shape index (κ2) is 18.4. The van der Waals surface area contributed by atoms with Gasteiger partial charge in [-0.15, -0.1) is 0 Å². The molecule has 1 N–H and O–H groups in total. The molecule has 10 nitrogen and oxygen atoms in total. The molecule has 67 heavy (non-hydrogen) atoms. The van der Waals surface area contributed by atoms with Crippen molar-refractivity contribution in [1.82, 2.24) is 4.90 Å². The number of fused-ring (bicyclic) bond motifs is 5. The van der Waals surface area contributed by atoms with Crippen LogP contribution in [0.5, 0.6) is 17.2 Å². The summed E-state index contributed by atoms with van der Waals surface area (Å²) in [5, 5.41) is 11.8. The number of hydrogen-bond acceptors (Lipinski definition) is 7. The zero-order chi connectivity index (χ0) is 47.2. The number of hydrogen-bond donors (Lipinski definition) is 1. The Morgan fingerprint density at radius 3 is 2.30 bits per heavy atom. The van der Waals surface area contributed by atoms with E-state index in [4.69, 9.17) is 14.2 Å². The van der Waals surface area contributed by atoms with Crippen LogP contribution in [-0.4, -0.2) is 68.2 Å². The smallest absolute Gasteiger partial charge is 0.266 e. The summed E-state index contributed by atoms with van der Waals surface area (Å²) in [6.07, 6.45) is 6.05. The van der Waals surface area contributed by atoms with Crippen molar-refractivity contribution in [2.45, 2.75) is 96.3 Å². The molecule has 4 aliphatic rings. The molecule has 0 bridgehead atoms. The van der Waals surface area contributed by atoms with Gasteiger partial charge >= 0.3 is 0 Å². The molecule has 1 spiro atoms. The van der Waals surface area contributed by atoms with Gasteiger partial charge in [0, 0.05) is 30.3 Å². The summed E-state index contributed by atoms with van der Waals surface area (Å²) in [6.45, 7) is 13.6. The molecule has 0 saturated carbocycles. The van der Waals surface area contributed by atoms with Crippen molar-refractivity contribution >= 4 is 48.0 Å². The minimum atomic E-state index is -2.66. The first-order valence-electron chi connectivity index (χ1n) is 23.5. The molecule has 5 atom stereocenters. The van der Waals surface area contributed by atoms with E-state index in [9.17, 15) is 14.7 Å². The largest absolute Gasteiger partial charge is 0.497 e. The minimum absolute atomic E-state index is 0.0276. The van der Waals surface area contributed by atoms with E-state index in [1.54, 1.807) is 29.0 Å². The van der Waals surface area contributed by atoms with Crippen LogP contribution in [0, 0.1) is 5.92 Å². The summed E-state index contributed by atoms with van der Waals surface area (Å²) < 4.78 is 19.5. The maximum Gasteiger partial charge on any atom is 0.266 e. The Balaban J connectivity index is 1.18. The molecule has 0 unspecified atom stereocenters. The average Bonchev–Trinajstić information content (AvgIpc) is 3.70. The Hall–Kier alpha value is -6.27. The monoisotopic (exact) mass is 915 g/mol. The summed E-state index contributed by atoms with van der Waals surface area (Å²) in [7, 11) is -1.00. The Bertz CT molecular complexity index is 2780. The highest BCUT2D eigenvalue weighted by atomic mass is 28.3. The third-order valence-corrected chi connectivity index (χ3v) is 19.1. The zero-order valence-electron chi connectivity index (χ0n) is 39.6. The van der Waals surface area contributed by atoms with Gasteiger partial charge < -0.3 is 29.1 Å². The number of carbonyl (C=O) groups excluding carboxylic acids is 3. The highest BCUT2D eigenvalue weighted by molar-refractivity contribution is 6.91. The molecular weight excluding hydrogens is 855 g/mol. The second-order valence-electron chi connectivity index (χ2n) is 19.4. The normalized spacial score (nSPS) is 22.1. The number of aliphatic hydroxyl groups excluding tert-OH is 1. The quantitative estimate of drug-likeness (QED) is 0.0981. The van der Waals surface area contributed by atoms with Crippen LogP contribution >= 0.6 is 0 Å². The molecule has 3 amide bonds. The minimum Gasteiger partial charge on any atom is -0.497 e. The van der Waals surface area contributed by atoms with Crippen LogP contribution in [-0.2, 0) is 32.9 Å². The van der Waals surface area contributed by atoms with Gasteiger partial charge in [0.05, 0.1) is 57.3 Å². The van der Waals surface area contributed by atoms with Crippen LogP contribution < -0.4 is 24.5 Å². The molecule has 9 rings (SSSR count). The summed E-state index contributed by atoms with van der Waals surface area (Å²) >= 11 is 0. The van der Waals surface area contributed by atoms with Crippen LogP contribution in [0.25, 0.3) is 0 Å². The van der Waals surface area contributed by atoms with Crippen molar-refractivity contribution in [3.63, 3.8) is 0 Å².